The van der Waals surface area contributed by atoms with Crippen LogP contribution in [0.1, 0.15) is 32.6 Å². The fraction of sp³-hybridized carbons (Fsp3) is 1.00. The Labute approximate surface area is 85.0 Å². The highest BCUT2D eigenvalue weighted by Gasteiger charge is 2.44. The van der Waals surface area contributed by atoms with Gasteiger partial charge in [-0.05, 0) is 43.9 Å². The summed E-state index contributed by atoms with van der Waals surface area (Å²) < 4.78 is 0. The number of fused-ring (bicyclic) bond motifs is 2. The van der Waals surface area contributed by atoms with Gasteiger partial charge in [0.2, 0.25) is 0 Å². The fourth-order valence-electron chi connectivity index (χ4n) is 3.54. The molecule has 13 heavy (non-hydrogen) atoms. The second kappa shape index (κ2) is 3.16. The minimum atomic E-state index is 0.758. The summed E-state index contributed by atoms with van der Waals surface area (Å²) in [5.41, 5.74) is 0. The van der Waals surface area contributed by atoms with Gasteiger partial charge < -0.3 is 5.32 Å². The standard InChI is InChI=1S/C11H19NS/c1-7-6-13-11(12-7)10-5-8-2-3-9(10)4-8/h7-12H,2-6H2,1H3. The molecule has 74 valence electrons. The van der Waals surface area contributed by atoms with Crippen LogP contribution < -0.4 is 5.32 Å². The summed E-state index contributed by atoms with van der Waals surface area (Å²) in [6.45, 7) is 2.32. The van der Waals surface area contributed by atoms with Gasteiger partial charge in [0.1, 0.15) is 0 Å². The third-order valence-corrected chi connectivity index (χ3v) is 5.69. The van der Waals surface area contributed by atoms with E-state index in [4.69, 9.17) is 0 Å². The van der Waals surface area contributed by atoms with Crippen LogP contribution in [0.3, 0.4) is 0 Å². The predicted molar refractivity (Wildman–Crippen MR) is 57.8 cm³/mol. The lowest BCUT2D eigenvalue weighted by molar-refractivity contribution is 0.300. The van der Waals surface area contributed by atoms with Crippen molar-refractivity contribution in [1.82, 2.24) is 5.32 Å². The lowest BCUT2D eigenvalue weighted by Gasteiger charge is -2.27. The molecular weight excluding hydrogens is 178 g/mol. The van der Waals surface area contributed by atoms with Gasteiger partial charge in [0.25, 0.3) is 0 Å². The molecule has 0 spiro atoms. The first-order chi connectivity index (χ1) is 6.33. The van der Waals surface area contributed by atoms with Gasteiger partial charge in [-0.3, -0.25) is 0 Å². The molecule has 0 aromatic carbocycles. The van der Waals surface area contributed by atoms with Crippen LogP contribution in [-0.4, -0.2) is 17.2 Å². The van der Waals surface area contributed by atoms with Crippen LogP contribution in [0.5, 0.6) is 0 Å². The molecule has 3 fully saturated rings. The first-order valence-corrected chi connectivity index (χ1v) is 6.75. The zero-order valence-electron chi connectivity index (χ0n) is 8.33. The van der Waals surface area contributed by atoms with Gasteiger partial charge in [-0.1, -0.05) is 6.42 Å². The van der Waals surface area contributed by atoms with Gasteiger partial charge >= 0.3 is 0 Å². The van der Waals surface area contributed by atoms with Crippen molar-refractivity contribution in [2.24, 2.45) is 17.8 Å². The third kappa shape index (κ3) is 1.42. The van der Waals surface area contributed by atoms with E-state index in [2.05, 4.69) is 24.0 Å². The van der Waals surface area contributed by atoms with Crippen LogP contribution in [-0.2, 0) is 0 Å². The lowest BCUT2D eigenvalue weighted by Crippen LogP contribution is -2.35. The average molecular weight is 197 g/mol. The molecule has 5 unspecified atom stereocenters. The van der Waals surface area contributed by atoms with E-state index < -0.39 is 0 Å². The van der Waals surface area contributed by atoms with E-state index in [0.29, 0.717) is 0 Å². The number of nitrogens with one attached hydrogen (secondary N) is 1. The van der Waals surface area contributed by atoms with Crippen molar-refractivity contribution < 1.29 is 0 Å². The first-order valence-electron chi connectivity index (χ1n) is 5.70. The molecule has 1 aliphatic heterocycles. The molecule has 5 atom stereocenters. The SMILES string of the molecule is CC1CSC(C2CC3CCC2C3)N1. The number of hydrogen-bond acceptors (Lipinski definition) is 2. The Morgan fingerprint density at radius 1 is 1.23 bits per heavy atom. The first kappa shape index (κ1) is 8.60. The van der Waals surface area contributed by atoms with Crippen LogP contribution in [0.4, 0.5) is 0 Å². The maximum atomic E-state index is 3.74. The van der Waals surface area contributed by atoms with Gasteiger partial charge in [0.15, 0.2) is 0 Å². The summed E-state index contributed by atoms with van der Waals surface area (Å²) in [4.78, 5) is 0. The van der Waals surface area contributed by atoms with Gasteiger partial charge in [0.05, 0.1) is 5.37 Å². The summed E-state index contributed by atoms with van der Waals surface area (Å²) in [7, 11) is 0. The molecule has 3 rings (SSSR count). The minimum absolute atomic E-state index is 0.758. The fourth-order valence-corrected chi connectivity index (χ4v) is 5.04. The molecule has 3 aliphatic rings. The second-order valence-corrected chi connectivity index (χ2v) is 6.33. The molecule has 2 saturated carbocycles. The Balaban J connectivity index is 1.66. The van der Waals surface area contributed by atoms with Crippen LogP contribution in [0.2, 0.25) is 0 Å². The van der Waals surface area contributed by atoms with Crippen molar-refractivity contribution in [3.63, 3.8) is 0 Å². The largest absolute Gasteiger partial charge is 0.302 e. The van der Waals surface area contributed by atoms with Crippen molar-refractivity contribution in [2.75, 3.05) is 5.75 Å². The molecule has 1 nitrogen and oxygen atoms in total. The van der Waals surface area contributed by atoms with E-state index in [1.807, 2.05) is 0 Å². The quantitative estimate of drug-likeness (QED) is 0.693. The average Bonchev–Trinajstić information content (AvgIpc) is 2.77. The van der Waals surface area contributed by atoms with Crippen molar-refractivity contribution >= 4 is 11.8 Å². The summed E-state index contributed by atoms with van der Waals surface area (Å²) in [5, 5.41) is 4.55. The van der Waals surface area contributed by atoms with E-state index in [9.17, 15) is 0 Å². The number of hydrogen-bond donors (Lipinski definition) is 1. The zero-order valence-corrected chi connectivity index (χ0v) is 9.15. The summed E-state index contributed by atoms with van der Waals surface area (Å²) in [5.74, 6) is 4.54. The Morgan fingerprint density at radius 3 is 2.69 bits per heavy atom. The van der Waals surface area contributed by atoms with Crippen molar-refractivity contribution in [2.45, 2.75) is 44.0 Å². The molecule has 1 heterocycles. The Bertz CT molecular complexity index is 206. The van der Waals surface area contributed by atoms with E-state index in [1.165, 1.54) is 25.0 Å². The zero-order chi connectivity index (χ0) is 8.84. The minimum Gasteiger partial charge on any atom is -0.302 e. The van der Waals surface area contributed by atoms with Crippen LogP contribution in [0.25, 0.3) is 0 Å². The van der Waals surface area contributed by atoms with Crippen molar-refractivity contribution in [1.29, 1.82) is 0 Å². The van der Waals surface area contributed by atoms with E-state index >= 15 is 0 Å². The molecule has 2 heteroatoms. The Kier molecular flexibility index (Phi) is 2.09. The molecule has 1 N–H and O–H groups in total. The lowest BCUT2D eigenvalue weighted by atomic mass is 9.88. The molecule has 0 aromatic rings. The second-order valence-electron chi connectivity index (χ2n) is 5.16. The van der Waals surface area contributed by atoms with Gasteiger partial charge in [-0.2, -0.15) is 0 Å². The highest BCUT2D eigenvalue weighted by Crippen LogP contribution is 2.51. The number of thioether (sulfide) groups is 1. The van der Waals surface area contributed by atoms with Gasteiger partial charge in [-0.15, -0.1) is 11.8 Å². The van der Waals surface area contributed by atoms with E-state index in [0.717, 1.165) is 29.2 Å². The smallest absolute Gasteiger partial charge is 0.0566 e. The highest BCUT2D eigenvalue weighted by molar-refractivity contribution is 8.00. The molecule has 2 aliphatic carbocycles. The maximum absolute atomic E-state index is 3.74. The summed E-state index contributed by atoms with van der Waals surface area (Å²) in [6.07, 6.45) is 6.15. The number of rotatable bonds is 1. The molecule has 0 aromatic heterocycles. The molecule has 1 saturated heterocycles. The topological polar surface area (TPSA) is 12.0 Å². The van der Waals surface area contributed by atoms with E-state index in [-0.39, 0.29) is 0 Å². The van der Waals surface area contributed by atoms with Gasteiger partial charge in [0, 0.05) is 11.8 Å². The monoisotopic (exact) mass is 197 g/mol. The Morgan fingerprint density at radius 2 is 2.15 bits per heavy atom. The van der Waals surface area contributed by atoms with Gasteiger partial charge in [-0.25, -0.2) is 0 Å². The van der Waals surface area contributed by atoms with Crippen LogP contribution in [0.15, 0.2) is 0 Å². The Hall–Kier alpha value is 0.310. The van der Waals surface area contributed by atoms with Crippen LogP contribution >= 0.6 is 11.8 Å². The molecule has 0 radical (unpaired) electrons. The molecular formula is C11H19NS. The predicted octanol–water partition coefficient (Wildman–Crippen LogP) is 2.47. The van der Waals surface area contributed by atoms with Crippen molar-refractivity contribution in [3.8, 4) is 0 Å². The summed E-state index contributed by atoms with van der Waals surface area (Å²) >= 11 is 2.18. The highest BCUT2D eigenvalue weighted by atomic mass is 32.2. The third-order valence-electron chi connectivity index (χ3n) is 4.16. The summed E-state index contributed by atoms with van der Waals surface area (Å²) in [6, 6.07) is 0.758. The normalized spacial score (nSPS) is 54.7. The van der Waals surface area contributed by atoms with E-state index in [1.54, 1.807) is 6.42 Å². The van der Waals surface area contributed by atoms with Crippen LogP contribution in [0, 0.1) is 17.8 Å². The molecule has 0 amide bonds. The molecule has 2 bridgehead atoms. The maximum Gasteiger partial charge on any atom is 0.0566 e. The van der Waals surface area contributed by atoms with Crippen molar-refractivity contribution in [3.05, 3.63) is 0 Å².